The second-order valence-electron chi connectivity index (χ2n) is 5.77. The molecule has 0 aliphatic heterocycles. The number of nitrogens with two attached hydrogens (primary N) is 1. The van der Waals surface area contributed by atoms with Crippen molar-refractivity contribution in [2.75, 3.05) is 22.2 Å². The standard InChI is InChI=1S/C19H21N3O7S/c1-3-28-17(23)13-5-9-15(10-6-13)21-30(26,27)22(19(20)25)16-11-7-14(8-12-16)18(24)29-4-2/h5-12,21H,3-4H2,1-2H3,(H2,20,25). The van der Waals surface area contributed by atoms with E-state index in [-0.39, 0.29) is 35.7 Å². The Morgan fingerprint density at radius 3 is 1.70 bits per heavy atom. The highest BCUT2D eigenvalue weighted by Crippen LogP contribution is 2.21. The Morgan fingerprint density at radius 1 is 0.867 bits per heavy atom. The van der Waals surface area contributed by atoms with Crippen molar-refractivity contribution in [1.29, 1.82) is 0 Å². The second-order valence-corrected chi connectivity index (χ2v) is 7.29. The molecular formula is C19H21N3O7S. The molecule has 0 aliphatic rings. The van der Waals surface area contributed by atoms with E-state index in [2.05, 4.69) is 4.72 Å². The van der Waals surface area contributed by atoms with Gasteiger partial charge in [-0.15, -0.1) is 0 Å². The number of nitrogens with one attached hydrogen (secondary N) is 1. The van der Waals surface area contributed by atoms with E-state index < -0.39 is 28.2 Å². The van der Waals surface area contributed by atoms with Gasteiger partial charge in [-0.3, -0.25) is 4.72 Å². The monoisotopic (exact) mass is 435 g/mol. The van der Waals surface area contributed by atoms with E-state index in [9.17, 15) is 22.8 Å². The number of hydrogen-bond acceptors (Lipinski definition) is 7. The molecule has 0 fully saturated rings. The first-order chi connectivity index (χ1) is 14.2. The molecule has 0 radical (unpaired) electrons. The minimum absolute atomic E-state index is 0.0776. The van der Waals surface area contributed by atoms with Gasteiger partial charge in [-0.1, -0.05) is 0 Å². The highest BCUT2D eigenvalue weighted by molar-refractivity contribution is 7.94. The maximum atomic E-state index is 12.7. The zero-order valence-electron chi connectivity index (χ0n) is 16.3. The Hall–Kier alpha value is -3.60. The van der Waals surface area contributed by atoms with Crippen LogP contribution in [0.5, 0.6) is 0 Å². The zero-order chi connectivity index (χ0) is 22.3. The van der Waals surface area contributed by atoms with Crippen molar-refractivity contribution in [3.63, 3.8) is 0 Å². The van der Waals surface area contributed by atoms with E-state index in [1.54, 1.807) is 13.8 Å². The summed E-state index contributed by atoms with van der Waals surface area (Å²) in [6.45, 7) is 3.70. The molecule has 0 atom stereocenters. The first kappa shape index (κ1) is 22.7. The predicted octanol–water partition coefficient (Wildman–Crippen LogP) is 2.28. The van der Waals surface area contributed by atoms with Crippen molar-refractivity contribution in [3.05, 3.63) is 59.7 Å². The summed E-state index contributed by atoms with van der Waals surface area (Å²) in [7, 11) is -4.44. The third-order valence-electron chi connectivity index (χ3n) is 3.70. The first-order valence-corrected chi connectivity index (χ1v) is 10.3. The number of primary amides is 1. The van der Waals surface area contributed by atoms with Gasteiger partial charge in [0, 0.05) is 0 Å². The minimum Gasteiger partial charge on any atom is -0.462 e. The molecule has 2 aromatic carbocycles. The van der Waals surface area contributed by atoms with Crippen molar-refractivity contribution < 1.29 is 32.3 Å². The van der Waals surface area contributed by atoms with Gasteiger partial charge in [0.15, 0.2) is 0 Å². The smallest absolute Gasteiger partial charge is 0.338 e. The van der Waals surface area contributed by atoms with E-state index in [1.807, 2.05) is 0 Å². The highest BCUT2D eigenvalue weighted by atomic mass is 32.2. The van der Waals surface area contributed by atoms with Gasteiger partial charge in [-0.25, -0.2) is 14.4 Å². The molecule has 0 saturated heterocycles. The number of anilines is 2. The number of rotatable bonds is 8. The molecule has 160 valence electrons. The summed E-state index contributed by atoms with van der Waals surface area (Å²) in [6, 6.07) is 9.30. The van der Waals surface area contributed by atoms with Crippen LogP contribution in [0.15, 0.2) is 48.5 Å². The molecule has 10 nitrogen and oxygen atoms in total. The predicted molar refractivity (Wildman–Crippen MR) is 109 cm³/mol. The van der Waals surface area contributed by atoms with Crippen molar-refractivity contribution in [3.8, 4) is 0 Å². The molecule has 30 heavy (non-hydrogen) atoms. The molecule has 0 unspecified atom stereocenters. The van der Waals surface area contributed by atoms with E-state index in [1.165, 1.54) is 48.5 Å². The van der Waals surface area contributed by atoms with Crippen LogP contribution in [0.2, 0.25) is 0 Å². The summed E-state index contributed by atoms with van der Waals surface area (Å²) >= 11 is 0. The highest BCUT2D eigenvalue weighted by Gasteiger charge is 2.28. The normalized spacial score (nSPS) is 10.7. The van der Waals surface area contributed by atoms with E-state index >= 15 is 0 Å². The molecule has 0 heterocycles. The van der Waals surface area contributed by atoms with Crippen LogP contribution >= 0.6 is 0 Å². The Labute approximate surface area is 173 Å². The number of urea groups is 1. The van der Waals surface area contributed by atoms with Gasteiger partial charge in [-0.05, 0) is 62.4 Å². The van der Waals surface area contributed by atoms with Gasteiger partial charge < -0.3 is 15.2 Å². The van der Waals surface area contributed by atoms with Crippen LogP contribution < -0.4 is 14.8 Å². The molecule has 11 heteroatoms. The summed E-state index contributed by atoms with van der Waals surface area (Å²) in [5, 5.41) is 0. The fraction of sp³-hybridized carbons (Fsp3) is 0.211. The number of nitrogens with zero attached hydrogens (tertiary/aromatic N) is 1. The van der Waals surface area contributed by atoms with Gasteiger partial charge in [0.1, 0.15) is 0 Å². The Morgan fingerprint density at radius 2 is 1.30 bits per heavy atom. The number of benzene rings is 2. The molecule has 2 aromatic rings. The summed E-state index contributed by atoms with van der Waals surface area (Å²) in [5.41, 5.74) is 5.71. The lowest BCUT2D eigenvalue weighted by Crippen LogP contribution is -2.44. The van der Waals surface area contributed by atoms with Crippen LogP contribution in [0.1, 0.15) is 34.6 Å². The van der Waals surface area contributed by atoms with Gasteiger partial charge in [0.2, 0.25) is 0 Å². The van der Waals surface area contributed by atoms with Crippen LogP contribution in [0.4, 0.5) is 16.2 Å². The molecule has 0 aromatic heterocycles. The summed E-state index contributed by atoms with van der Waals surface area (Å²) in [4.78, 5) is 35.2. The molecule has 2 amide bonds. The van der Waals surface area contributed by atoms with Crippen LogP contribution in [-0.4, -0.2) is 39.6 Å². The van der Waals surface area contributed by atoms with Crippen LogP contribution in [0.25, 0.3) is 0 Å². The molecule has 2 rings (SSSR count). The maximum absolute atomic E-state index is 12.7. The van der Waals surface area contributed by atoms with Crippen molar-refractivity contribution >= 4 is 39.6 Å². The number of ether oxygens (including phenoxy) is 2. The van der Waals surface area contributed by atoms with E-state index in [4.69, 9.17) is 15.2 Å². The Balaban J connectivity index is 2.25. The summed E-state index contributed by atoms with van der Waals surface area (Å²) in [6.07, 6.45) is 0. The summed E-state index contributed by atoms with van der Waals surface area (Å²) < 4.78 is 37.7. The molecule has 0 aliphatic carbocycles. The fourth-order valence-electron chi connectivity index (χ4n) is 2.42. The molecule has 0 spiro atoms. The van der Waals surface area contributed by atoms with E-state index in [0.717, 1.165) is 0 Å². The topological polar surface area (TPSA) is 145 Å². The van der Waals surface area contributed by atoms with Crippen molar-refractivity contribution in [1.82, 2.24) is 0 Å². The maximum Gasteiger partial charge on any atom is 0.338 e. The Bertz CT molecular complexity index is 1020. The molecule has 0 bridgehead atoms. The zero-order valence-corrected chi connectivity index (χ0v) is 17.1. The van der Waals surface area contributed by atoms with Crippen LogP contribution in [-0.2, 0) is 19.7 Å². The molecule has 3 N–H and O–H groups in total. The quantitative estimate of drug-likeness (QED) is 0.605. The van der Waals surface area contributed by atoms with Gasteiger partial charge in [0.25, 0.3) is 0 Å². The average molecular weight is 435 g/mol. The Kier molecular flexibility index (Phi) is 7.37. The molecular weight excluding hydrogens is 414 g/mol. The van der Waals surface area contributed by atoms with Crippen molar-refractivity contribution in [2.24, 2.45) is 5.73 Å². The number of amides is 2. The van der Waals surface area contributed by atoms with E-state index in [0.29, 0.717) is 4.31 Å². The van der Waals surface area contributed by atoms with Gasteiger partial charge in [-0.2, -0.15) is 12.7 Å². The SMILES string of the molecule is CCOC(=O)c1ccc(NS(=O)(=O)N(C(N)=O)c2ccc(C(=O)OCC)cc2)cc1. The number of carbonyl (C=O) groups excluding carboxylic acids is 3. The summed E-state index contributed by atoms with van der Waals surface area (Å²) in [5.74, 6) is -1.13. The average Bonchev–Trinajstić information content (AvgIpc) is 2.68. The number of hydrogen-bond donors (Lipinski definition) is 2. The van der Waals surface area contributed by atoms with Crippen LogP contribution in [0, 0.1) is 0 Å². The third kappa shape index (κ3) is 5.47. The lowest BCUT2D eigenvalue weighted by atomic mass is 10.2. The number of esters is 2. The molecule has 0 saturated carbocycles. The number of carbonyl (C=O) groups is 3. The second kappa shape index (κ2) is 9.74. The van der Waals surface area contributed by atoms with Gasteiger partial charge in [0.05, 0.1) is 35.7 Å². The van der Waals surface area contributed by atoms with Crippen LogP contribution in [0.3, 0.4) is 0 Å². The fourth-order valence-corrected chi connectivity index (χ4v) is 3.58. The van der Waals surface area contributed by atoms with Gasteiger partial charge >= 0.3 is 28.2 Å². The minimum atomic E-state index is -4.44. The van der Waals surface area contributed by atoms with Crippen molar-refractivity contribution in [2.45, 2.75) is 13.8 Å². The largest absolute Gasteiger partial charge is 0.462 e. The lowest BCUT2D eigenvalue weighted by molar-refractivity contribution is 0.0517. The third-order valence-corrected chi connectivity index (χ3v) is 5.06. The first-order valence-electron chi connectivity index (χ1n) is 8.86. The lowest BCUT2D eigenvalue weighted by Gasteiger charge is -2.21.